The number of ether oxygens (including phenoxy) is 1. The van der Waals surface area contributed by atoms with Crippen molar-refractivity contribution in [2.75, 3.05) is 12.0 Å². The third-order valence-electron chi connectivity index (χ3n) is 4.72. The Labute approximate surface area is 148 Å². The molecule has 4 rings (SSSR count). The Hall–Kier alpha value is -2.03. The zero-order chi connectivity index (χ0) is 16.5. The Morgan fingerprint density at radius 2 is 1.88 bits per heavy atom. The van der Waals surface area contributed by atoms with Crippen molar-refractivity contribution in [2.24, 2.45) is 0 Å². The van der Waals surface area contributed by atoms with E-state index in [1.807, 2.05) is 17.0 Å². The first-order valence-electron chi connectivity index (χ1n) is 8.14. The first kappa shape index (κ1) is 15.5. The molecule has 4 heteroatoms. The van der Waals surface area contributed by atoms with Crippen LogP contribution in [0.2, 0.25) is 4.82 Å². The summed E-state index contributed by atoms with van der Waals surface area (Å²) in [6.45, 7) is 0. The van der Waals surface area contributed by atoms with Gasteiger partial charge in [0.25, 0.3) is 0 Å². The molecule has 1 amide bonds. The van der Waals surface area contributed by atoms with E-state index in [2.05, 4.69) is 54.6 Å². The summed E-state index contributed by atoms with van der Waals surface area (Å²) in [4.78, 5) is 14.8. The predicted molar refractivity (Wildman–Crippen MR) is 97.2 cm³/mol. The number of anilines is 1. The number of rotatable bonds is 2. The van der Waals surface area contributed by atoms with Crippen LogP contribution in [-0.4, -0.2) is 34.2 Å². The van der Waals surface area contributed by atoms with Gasteiger partial charge in [-0.15, -0.1) is 0 Å². The summed E-state index contributed by atoms with van der Waals surface area (Å²) in [7, 11) is 1.47. The number of allylic oxidation sites excluding steroid dienone is 1. The van der Waals surface area contributed by atoms with Gasteiger partial charge in [0, 0.05) is 0 Å². The van der Waals surface area contributed by atoms with Gasteiger partial charge in [-0.05, 0) is 0 Å². The summed E-state index contributed by atoms with van der Waals surface area (Å²) in [5.74, 6) is 0.268. The van der Waals surface area contributed by atoms with Gasteiger partial charge in [0.05, 0.1) is 0 Å². The van der Waals surface area contributed by atoms with Crippen LogP contribution in [0.4, 0.5) is 10.5 Å². The molecule has 2 aromatic rings. The number of amides is 1. The minimum atomic E-state index is -0.251. The van der Waals surface area contributed by atoms with Crippen molar-refractivity contribution in [1.29, 1.82) is 0 Å². The van der Waals surface area contributed by atoms with Gasteiger partial charge in [-0.1, -0.05) is 0 Å². The fourth-order valence-electron chi connectivity index (χ4n) is 3.72. The molecule has 2 aliphatic rings. The zero-order valence-electron chi connectivity index (χ0n) is 13.5. The Morgan fingerprint density at radius 3 is 2.67 bits per heavy atom. The molecule has 0 saturated carbocycles. The number of carbonyl (C=O) groups is 1. The van der Waals surface area contributed by atoms with Gasteiger partial charge in [-0.25, -0.2) is 0 Å². The van der Waals surface area contributed by atoms with E-state index >= 15 is 0 Å². The normalized spacial score (nSPS) is 24.4. The van der Waals surface area contributed by atoms with E-state index in [-0.39, 0.29) is 18.1 Å². The first-order valence-corrected chi connectivity index (χ1v) is 9.98. The van der Waals surface area contributed by atoms with Crippen LogP contribution in [0.15, 0.2) is 66.7 Å². The van der Waals surface area contributed by atoms with Crippen molar-refractivity contribution in [3.63, 3.8) is 0 Å². The molecule has 0 spiro atoms. The Morgan fingerprint density at radius 1 is 1.12 bits per heavy atom. The molecule has 1 aliphatic heterocycles. The van der Waals surface area contributed by atoms with Crippen LogP contribution in [-0.2, 0) is 4.74 Å². The second kappa shape index (κ2) is 6.46. The van der Waals surface area contributed by atoms with Crippen LogP contribution in [0.5, 0.6) is 0 Å². The summed E-state index contributed by atoms with van der Waals surface area (Å²) in [6.07, 6.45) is 5.31. The number of nitrogens with zero attached hydrogens (tertiary/aromatic N) is 1. The molecular weight excluding hydrogens is 365 g/mol. The molecule has 122 valence electrons. The summed E-state index contributed by atoms with van der Waals surface area (Å²) < 4.78 is 6.49. The monoisotopic (exact) mass is 385 g/mol. The zero-order valence-corrected chi connectivity index (χ0v) is 15.2. The quantitative estimate of drug-likeness (QED) is 0.586. The number of methoxy groups -OCH3 is 1. The molecule has 0 radical (unpaired) electrons. The molecule has 0 fully saturated rings. The number of benzene rings is 2. The van der Waals surface area contributed by atoms with Crippen LogP contribution >= 0.6 is 0 Å². The summed E-state index contributed by atoms with van der Waals surface area (Å²) in [5, 5.41) is 0. The molecular formula is C20H19NO2Se. The summed E-state index contributed by atoms with van der Waals surface area (Å²) in [6, 6.07) is 19.0. The van der Waals surface area contributed by atoms with E-state index in [1.54, 1.807) is 0 Å². The number of hydrogen-bond donors (Lipinski definition) is 0. The van der Waals surface area contributed by atoms with Crippen molar-refractivity contribution in [2.45, 2.75) is 23.2 Å². The van der Waals surface area contributed by atoms with Crippen LogP contribution < -0.4 is 9.36 Å². The van der Waals surface area contributed by atoms with E-state index in [9.17, 15) is 4.79 Å². The summed E-state index contributed by atoms with van der Waals surface area (Å²) in [5.41, 5.74) is 2.23. The SMILES string of the molecule is COC(=O)N1c2ccccc2[C@@H]2C=CC[C@@H]([Se]c3ccccc3)[C@@H]21. The van der Waals surface area contributed by atoms with Gasteiger partial charge >= 0.3 is 148 Å². The first-order chi connectivity index (χ1) is 11.8. The van der Waals surface area contributed by atoms with Gasteiger partial charge in [0.1, 0.15) is 0 Å². The van der Waals surface area contributed by atoms with Gasteiger partial charge in [0.2, 0.25) is 0 Å². The minimum absolute atomic E-state index is 0.153. The van der Waals surface area contributed by atoms with Gasteiger partial charge in [-0.3, -0.25) is 0 Å². The van der Waals surface area contributed by atoms with Crippen LogP contribution in [0.1, 0.15) is 17.9 Å². The van der Waals surface area contributed by atoms with E-state index in [0.29, 0.717) is 19.8 Å². The standard InChI is InChI=1S/C20H19NO2Se/c1-23-20(22)21-17-12-6-5-10-15(17)16-11-7-13-18(19(16)21)24-14-8-3-2-4-9-14/h2-12,16,18-19H,13H2,1H3/t16-,18+,19+/m0/s1. The van der Waals surface area contributed by atoms with Crippen molar-refractivity contribution in [1.82, 2.24) is 0 Å². The predicted octanol–water partition coefficient (Wildman–Crippen LogP) is 3.50. The Bertz CT molecular complexity index is 774. The average molecular weight is 384 g/mol. The second-order valence-electron chi connectivity index (χ2n) is 6.05. The maximum atomic E-state index is 12.5. The molecule has 0 unspecified atom stereocenters. The molecule has 3 atom stereocenters. The Kier molecular flexibility index (Phi) is 4.17. The molecule has 2 aromatic carbocycles. The number of hydrogen-bond acceptors (Lipinski definition) is 2. The fraction of sp³-hybridized carbons (Fsp3) is 0.250. The number of carbonyl (C=O) groups excluding carboxylic acids is 1. The fourth-order valence-corrected chi connectivity index (χ4v) is 6.45. The van der Waals surface area contributed by atoms with Crippen molar-refractivity contribution in [3.8, 4) is 0 Å². The van der Waals surface area contributed by atoms with E-state index < -0.39 is 0 Å². The van der Waals surface area contributed by atoms with Crippen molar-refractivity contribution >= 4 is 31.2 Å². The van der Waals surface area contributed by atoms with Crippen LogP contribution in [0, 0.1) is 0 Å². The molecule has 0 aromatic heterocycles. The topological polar surface area (TPSA) is 29.5 Å². The van der Waals surface area contributed by atoms with Crippen molar-refractivity contribution in [3.05, 3.63) is 72.3 Å². The van der Waals surface area contributed by atoms with E-state index in [0.717, 1.165) is 12.1 Å². The molecule has 1 aliphatic carbocycles. The van der Waals surface area contributed by atoms with Gasteiger partial charge in [0.15, 0.2) is 0 Å². The van der Waals surface area contributed by atoms with E-state index in [4.69, 9.17) is 4.74 Å². The van der Waals surface area contributed by atoms with Crippen molar-refractivity contribution < 1.29 is 9.53 Å². The Balaban J connectivity index is 1.73. The molecule has 0 N–H and O–H groups in total. The molecule has 0 saturated heterocycles. The molecule has 1 heterocycles. The second-order valence-corrected chi connectivity index (χ2v) is 8.80. The summed E-state index contributed by atoms with van der Waals surface area (Å²) >= 11 is 0.309. The number of fused-ring (bicyclic) bond motifs is 3. The number of para-hydroxylation sites is 1. The van der Waals surface area contributed by atoms with Gasteiger partial charge in [-0.2, -0.15) is 0 Å². The molecule has 24 heavy (non-hydrogen) atoms. The molecule has 0 bridgehead atoms. The van der Waals surface area contributed by atoms with Crippen LogP contribution in [0.25, 0.3) is 0 Å². The third-order valence-corrected chi connectivity index (χ3v) is 7.48. The van der Waals surface area contributed by atoms with E-state index in [1.165, 1.54) is 17.1 Å². The maximum absolute atomic E-state index is 12.5. The van der Waals surface area contributed by atoms with Gasteiger partial charge < -0.3 is 0 Å². The van der Waals surface area contributed by atoms with Crippen LogP contribution in [0.3, 0.4) is 0 Å². The third kappa shape index (κ3) is 2.56. The average Bonchev–Trinajstić information content (AvgIpc) is 2.98. The molecule has 3 nitrogen and oxygen atoms in total.